The number of carbonyl (C=O) groups is 1. The molecule has 1 atom stereocenters. The Labute approximate surface area is 200 Å². The third-order valence-corrected chi connectivity index (χ3v) is 5.68. The number of nitrogens with two attached hydrogens (primary N) is 1. The van der Waals surface area contributed by atoms with Crippen molar-refractivity contribution in [2.75, 3.05) is 68.8 Å². The van der Waals surface area contributed by atoms with Crippen LogP contribution in [0.4, 0.5) is 17.8 Å². The Kier molecular flexibility index (Phi) is 10.2. The molecular formula is C22H36N10O2. The molecule has 2 aromatic rings. The minimum absolute atomic E-state index is 0.437. The zero-order valence-electron chi connectivity index (χ0n) is 19.8. The van der Waals surface area contributed by atoms with E-state index in [0.29, 0.717) is 43.8 Å². The highest BCUT2D eigenvalue weighted by atomic mass is 16.4. The number of carboxylic acids is 1. The van der Waals surface area contributed by atoms with Gasteiger partial charge >= 0.3 is 5.97 Å². The van der Waals surface area contributed by atoms with Crippen molar-refractivity contribution in [3.8, 4) is 0 Å². The molecule has 0 unspecified atom stereocenters. The Bertz CT molecular complexity index is 877. The van der Waals surface area contributed by atoms with E-state index >= 15 is 0 Å². The maximum Gasteiger partial charge on any atom is 0.320 e. The lowest BCUT2D eigenvalue weighted by Crippen LogP contribution is -2.45. The van der Waals surface area contributed by atoms with E-state index in [4.69, 9.17) is 10.8 Å². The molecule has 0 radical (unpaired) electrons. The number of nitrogens with one attached hydrogen (secondary N) is 3. The molecule has 0 amide bonds. The Hall–Kier alpha value is -3.09. The number of pyridine rings is 1. The fourth-order valence-corrected chi connectivity index (χ4v) is 3.51. The van der Waals surface area contributed by atoms with Crippen molar-refractivity contribution in [2.24, 2.45) is 5.73 Å². The summed E-state index contributed by atoms with van der Waals surface area (Å²) in [5.41, 5.74) is 6.63. The molecule has 3 heterocycles. The number of aromatic nitrogens is 4. The molecule has 186 valence electrons. The number of unbranched alkanes of at least 4 members (excludes halogenated alkanes) is 1. The maximum absolute atomic E-state index is 10.8. The summed E-state index contributed by atoms with van der Waals surface area (Å²) in [6.07, 6.45) is 5.40. The van der Waals surface area contributed by atoms with Crippen LogP contribution in [0.5, 0.6) is 0 Å². The highest BCUT2D eigenvalue weighted by Gasteiger charge is 2.14. The molecule has 2 aromatic heterocycles. The van der Waals surface area contributed by atoms with Gasteiger partial charge in [-0.25, -0.2) is 0 Å². The lowest BCUT2D eigenvalue weighted by atomic mass is 10.1. The molecule has 3 rings (SSSR count). The SMILES string of the molecule is CN1CCN(CCNc2nc(NCCCC[C@H](N)C(=O)O)nc(NCc3ccncc3)n2)CC1. The van der Waals surface area contributed by atoms with Crippen molar-refractivity contribution in [1.29, 1.82) is 0 Å². The number of hydrogen-bond acceptors (Lipinski definition) is 11. The number of piperazine rings is 1. The molecule has 0 aromatic carbocycles. The standard InChI is InChI=1S/C22H36N10O2/c1-31-12-14-32(15-13-31)11-10-26-21-28-20(25-7-3-2-4-18(23)19(33)34)29-22(30-21)27-16-17-5-8-24-9-6-17/h5-6,8-9,18H,2-4,7,10-16,23H2,1H3,(H,33,34)(H3,25,26,27,28,29,30)/t18-/m0/s1. The fraction of sp³-hybridized carbons (Fsp3) is 0.591. The van der Waals surface area contributed by atoms with Crippen molar-refractivity contribution in [1.82, 2.24) is 29.7 Å². The van der Waals surface area contributed by atoms with Gasteiger partial charge in [0.15, 0.2) is 0 Å². The van der Waals surface area contributed by atoms with Crippen molar-refractivity contribution >= 4 is 23.8 Å². The summed E-state index contributed by atoms with van der Waals surface area (Å²) in [5.74, 6) is 0.487. The predicted octanol–water partition coefficient (Wildman–Crippen LogP) is 0.532. The minimum atomic E-state index is -0.970. The number of hydrogen-bond donors (Lipinski definition) is 5. The summed E-state index contributed by atoms with van der Waals surface area (Å²) >= 11 is 0. The van der Waals surface area contributed by atoms with Gasteiger partial charge in [0.1, 0.15) is 6.04 Å². The van der Waals surface area contributed by atoms with Crippen molar-refractivity contribution in [3.63, 3.8) is 0 Å². The van der Waals surface area contributed by atoms with Crippen LogP contribution in [0.2, 0.25) is 0 Å². The van der Waals surface area contributed by atoms with E-state index in [0.717, 1.165) is 51.3 Å². The predicted molar refractivity (Wildman–Crippen MR) is 132 cm³/mol. The molecule has 12 heteroatoms. The quantitative estimate of drug-likeness (QED) is 0.243. The lowest BCUT2D eigenvalue weighted by Gasteiger charge is -2.32. The topological polar surface area (TPSA) is 157 Å². The number of likely N-dealkylation sites (N-methyl/N-ethyl adjacent to an activating group) is 1. The first-order valence-electron chi connectivity index (χ1n) is 11.8. The molecule has 1 saturated heterocycles. The lowest BCUT2D eigenvalue weighted by molar-refractivity contribution is -0.138. The third kappa shape index (κ3) is 9.04. The molecule has 34 heavy (non-hydrogen) atoms. The first-order valence-corrected chi connectivity index (χ1v) is 11.8. The van der Waals surface area contributed by atoms with Crippen molar-refractivity contribution in [2.45, 2.75) is 31.8 Å². The third-order valence-electron chi connectivity index (χ3n) is 5.68. The van der Waals surface area contributed by atoms with Crippen molar-refractivity contribution < 1.29 is 9.90 Å². The first kappa shape index (κ1) is 25.5. The molecule has 6 N–H and O–H groups in total. The van der Waals surface area contributed by atoms with E-state index in [1.54, 1.807) is 12.4 Å². The summed E-state index contributed by atoms with van der Waals surface area (Å²) in [6.45, 7) is 7.13. The van der Waals surface area contributed by atoms with E-state index in [-0.39, 0.29) is 0 Å². The molecule has 1 aliphatic heterocycles. The van der Waals surface area contributed by atoms with Gasteiger partial charge in [0.2, 0.25) is 17.8 Å². The first-order chi connectivity index (χ1) is 16.5. The van der Waals surface area contributed by atoms with Crippen LogP contribution >= 0.6 is 0 Å². The molecule has 0 saturated carbocycles. The van der Waals surface area contributed by atoms with Gasteiger partial charge in [0, 0.05) is 64.8 Å². The van der Waals surface area contributed by atoms with E-state index in [1.165, 1.54) is 0 Å². The minimum Gasteiger partial charge on any atom is -0.480 e. The van der Waals surface area contributed by atoms with E-state index in [1.807, 2.05) is 12.1 Å². The zero-order chi connectivity index (χ0) is 24.2. The van der Waals surface area contributed by atoms with Crippen LogP contribution in [0.3, 0.4) is 0 Å². The number of anilines is 3. The van der Waals surface area contributed by atoms with Crippen LogP contribution in [0, 0.1) is 0 Å². The van der Waals surface area contributed by atoms with Gasteiger partial charge in [-0.2, -0.15) is 15.0 Å². The van der Waals surface area contributed by atoms with Crippen LogP contribution < -0.4 is 21.7 Å². The van der Waals surface area contributed by atoms with Crippen LogP contribution in [-0.4, -0.2) is 99.7 Å². The van der Waals surface area contributed by atoms with Crippen molar-refractivity contribution in [3.05, 3.63) is 30.1 Å². The van der Waals surface area contributed by atoms with Gasteiger partial charge in [-0.1, -0.05) is 0 Å². The highest BCUT2D eigenvalue weighted by molar-refractivity contribution is 5.72. The van der Waals surface area contributed by atoms with E-state index < -0.39 is 12.0 Å². The van der Waals surface area contributed by atoms with Crippen LogP contribution in [-0.2, 0) is 11.3 Å². The average Bonchev–Trinajstić information content (AvgIpc) is 2.84. The van der Waals surface area contributed by atoms with Crippen LogP contribution in [0.25, 0.3) is 0 Å². The van der Waals surface area contributed by atoms with E-state index in [9.17, 15) is 4.79 Å². The number of nitrogens with zero attached hydrogens (tertiary/aromatic N) is 6. The maximum atomic E-state index is 10.8. The molecular weight excluding hydrogens is 436 g/mol. The summed E-state index contributed by atoms with van der Waals surface area (Å²) in [6, 6.07) is 3.05. The highest BCUT2D eigenvalue weighted by Crippen LogP contribution is 2.11. The van der Waals surface area contributed by atoms with E-state index in [2.05, 4.69) is 52.7 Å². The average molecular weight is 473 g/mol. The Morgan fingerprint density at radius 2 is 1.62 bits per heavy atom. The monoisotopic (exact) mass is 472 g/mol. The normalized spacial score (nSPS) is 15.6. The van der Waals surface area contributed by atoms with Gasteiger partial charge in [-0.05, 0) is 44.0 Å². The van der Waals surface area contributed by atoms with Crippen LogP contribution in [0.15, 0.2) is 24.5 Å². The number of carboxylic acid groups (broad SMARTS) is 1. The molecule has 0 bridgehead atoms. The molecule has 0 spiro atoms. The molecule has 1 fully saturated rings. The van der Waals surface area contributed by atoms with Gasteiger partial charge in [0.25, 0.3) is 0 Å². The van der Waals surface area contributed by atoms with Gasteiger partial charge in [0.05, 0.1) is 0 Å². The second kappa shape index (κ2) is 13.6. The molecule has 0 aliphatic carbocycles. The Morgan fingerprint density at radius 1 is 1.00 bits per heavy atom. The summed E-state index contributed by atoms with van der Waals surface area (Å²) in [5, 5.41) is 18.7. The van der Waals surface area contributed by atoms with Gasteiger partial charge < -0.3 is 31.7 Å². The fourth-order valence-electron chi connectivity index (χ4n) is 3.51. The Balaban J connectivity index is 1.53. The van der Waals surface area contributed by atoms with Gasteiger partial charge in [-0.3, -0.25) is 14.7 Å². The zero-order valence-corrected chi connectivity index (χ0v) is 19.8. The second-order valence-corrected chi connectivity index (χ2v) is 8.45. The number of aliphatic carboxylic acids is 1. The summed E-state index contributed by atoms with van der Waals surface area (Å²) in [4.78, 5) is 33.1. The van der Waals surface area contributed by atoms with Crippen LogP contribution in [0.1, 0.15) is 24.8 Å². The number of rotatable bonds is 14. The summed E-state index contributed by atoms with van der Waals surface area (Å²) in [7, 11) is 2.15. The largest absolute Gasteiger partial charge is 0.480 e. The smallest absolute Gasteiger partial charge is 0.320 e. The Morgan fingerprint density at radius 3 is 2.26 bits per heavy atom. The van der Waals surface area contributed by atoms with Gasteiger partial charge in [-0.15, -0.1) is 0 Å². The second-order valence-electron chi connectivity index (χ2n) is 8.45. The molecule has 1 aliphatic rings. The summed E-state index contributed by atoms with van der Waals surface area (Å²) < 4.78 is 0. The molecule has 12 nitrogen and oxygen atoms in total.